The number of rotatable bonds is 27. The second-order valence-electron chi connectivity index (χ2n) is 9.30. The van der Waals surface area contributed by atoms with Crippen molar-refractivity contribution in [2.45, 2.75) is 149 Å². The maximum absolute atomic E-state index is 11.1. The Kier molecular flexibility index (Phi) is 36.6. The molecule has 0 rings (SSSR count). The molecule has 0 aliphatic carbocycles. The van der Waals surface area contributed by atoms with E-state index < -0.39 is 20.8 Å². The van der Waals surface area contributed by atoms with Crippen LogP contribution in [0.3, 0.4) is 0 Å². The number of hydrogen-bond acceptors (Lipinski definition) is 9. The fourth-order valence-electron chi connectivity index (χ4n) is 3.63. The SMILES string of the molecule is CCCCCCCCCCCCOS(=O)(=O)OOCC.CCCCCCCCCCCCOS(=O)(=O)[O-].[Na+]. The van der Waals surface area contributed by atoms with Gasteiger partial charge in [-0.05, 0) is 19.8 Å². The fraction of sp³-hybridized carbons (Fsp3) is 1.00. The zero-order chi connectivity index (χ0) is 28.1. The van der Waals surface area contributed by atoms with E-state index in [1.54, 1.807) is 6.92 Å². The van der Waals surface area contributed by atoms with Crippen molar-refractivity contribution in [1.29, 1.82) is 0 Å². The van der Waals surface area contributed by atoms with E-state index in [-0.39, 0.29) is 49.4 Å². The molecule has 0 spiro atoms. The monoisotopic (exact) mass is 598 g/mol. The Morgan fingerprint density at radius 3 is 1.13 bits per heavy atom. The molecular formula is C26H55NaO9S2. The Morgan fingerprint density at radius 1 is 0.500 bits per heavy atom. The molecule has 0 aliphatic rings. The maximum atomic E-state index is 11.1. The molecule has 0 aliphatic heterocycles. The van der Waals surface area contributed by atoms with E-state index in [4.69, 9.17) is 0 Å². The summed E-state index contributed by atoms with van der Waals surface area (Å²) >= 11 is 0. The van der Waals surface area contributed by atoms with Gasteiger partial charge in [0.15, 0.2) is 0 Å². The minimum absolute atomic E-state index is 0. The molecule has 0 saturated carbocycles. The van der Waals surface area contributed by atoms with Gasteiger partial charge in [0.25, 0.3) is 0 Å². The van der Waals surface area contributed by atoms with Gasteiger partial charge in [-0.1, -0.05) is 134 Å². The van der Waals surface area contributed by atoms with Gasteiger partial charge < -0.3 is 4.55 Å². The second-order valence-corrected chi connectivity index (χ2v) is 11.5. The van der Waals surface area contributed by atoms with Crippen molar-refractivity contribution in [2.75, 3.05) is 19.8 Å². The molecule has 226 valence electrons. The first-order chi connectivity index (χ1) is 17.7. The van der Waals surface area contributed by atoms with Crippen molar-refractivity contribution in [3.63, 3.8) is 0 Å². The summed E-state index contributed by atoms with van der Waals surface area (Å²) in [4.78, 5) is 4.34. The molecule has 0 atom stereocenters. The van der Waals surface area contributed by atoms with Crippen LogP contribution in [-0.2, 0) is 38.4 Å². The maximum Gasteiger partial charge on any atom is 1.00 e. The third-order valence-corrected chi connectivity index (χ3v) is 6.87. The third-order valence-electron chi connectivity index (χ3n) is 5.70. The summed E-state index contributed by atoms with van der Waals surface area (Å²) in [6, 6.07) is 0. The van der Waals surface area contributed by atoms with Gasteiger partial charge in [-0.25, -0.2) is 17.5 Å². The first-order valence-electron chi connectivity index (χ1n) is 14.5. The second kappa shape index (κ2) is 32.2. The molecule has 0 aromatic heterocycles. The van der Waals surface area contributed by atoms with Crippen molar-refractivity contribution in [1.82, 2.24) is 0 Å². The van der Waals surface area contributed by atoms with Gasteiger partial charge in [-0.3, -0.25) is 4.18 Å². The van der Waals surface area contributed by atoms with Crippen molar-refractivity contribution in [2.24, 2.45) is 0 Å². The predicted molar refractivity (Wildman–Crippen MR) is 147 cm³/mol. The van der Waals surface area contributed by atoms with Gasteiger partial charge in [-0.15, -0.1) is 0 Å². The van der Waals surface area contributed by atoms with E-state index in [0.29, 0.717) is 6.42 Å². The van der Waals surface area contributed by atoms with Crippen molar-refractivity contribution >= 4 is 20.8 Å². The van der Waals surface area contributed by atoms with E-state index in [9.17, 15) is 21.4 Å². The van der Waals surface area contributed by atoms with Gasteiger partial charge >= 0.3 is 40.0 Å². The quantitative estimate of drug-likeness (QED) is 0.0335. The fourth-order valence-corrected chi connectivity index (χ4v) is 4.52. The van der Waals surface area contributed by atoms with E-state index in [0.717, 1.165) is 32.1 Å². The summed E-state index contributed by atoms with van der Waals surface area (Å²) in [5, 5.41) is 0. The standard InChI is InChI=1S/C14H30O5S.C12H26O4S.Na/c1-3-5-6-7-8-9-10-11-12-13-14-18-20(15,16)19-17-4-2;1-2-3-4-5-6-7-8-9-10-11-12-16-17(13,14)15;/h3-14H2,1-2H3;2-12H2,1H3,(H,13,14,15);/q;;+1/p-1. The number of hydrogen-bond donors (Lipinski definition) is 0. The van der Waals surface area contributed by atoms with Crippen LogP contribution in [0.5, 0.6) is 0 Å². The molecule has 0 heterocycles. The average Bonchev–Trinajstić information content (AvgIpc) is 2.84. The number of unbranched alkanes of at least 4 members (excludes halogenated alkanes) is 18. The zero-order valence-electron chi connectivity index (χ0n) is 24.8. The predicted octanol–water partition coefficient (Wildman–Crippen LogP) is 4.52. The van der Waals surface area contributed by atoms with E-state index in [1.165, 1.54) is 89.9 Å². The molecule has 9 nitrogen and oxygen atoms in total. The Labute approximate surface area is 257 Å². The topological polar surface area (TPSA) is 128 Å². The van der Waals surface area contributed by atoms with Crippen LogP contribution in [0.4, 0.5) is 0 Å². The van der Waals surface area contributed by atoms with Gasteiger partial charge in [0, 0.05) is 0 Å². The summed E-state index contributed by atoms with van der Waals surface area (Å²) in [5.74, 6) is 0. The van der Waals surface area contributed by atoms with Crippen LogP contribution in [0.2, 0.25) is 0 Å². The smallest absolute Gasteiger partial charge is 0.726 e. The van der Waals surface area contributed by atoms with Crippen LogP contribution in [0.15, 0.2) is 0 Å². The minimum Gasteiger partial charge on any atom is -0.726 e. The average molecular weight is 599 g/mol. The molecule has 0 amide bonds. The van der Waals surface area contributed by atoms with E-state index in [1.807, 2.05) is 0 Å². The molecule has 0 fully saturated rings. The molecule has 38 heavy (non-hydrogen) atoms. The summed E-state index contributed by atoms with van der Waals surface area (Å²) in [6.07, 6.45) is 23.7. The molecule has 0 unspecified atom stereocenters. The molecular weight excluding hydrogens is 543 g/mol. The Morgan fingerprint density at radius 2 is 0.816 bits per heavy atom. The van der Waals surface area contributed by atoms with Gasteiger partial charge in [0.05, 0.1) is 19.8 Å². The molecule has 12 heteroatoms. The normalized spacial score (nSPS) is 11.6. The van der Waals surface area contributed by atoms with Crippen LogP contribution in [-0.4, -0.2) is 41.2 Å². The first kappa shape index (κ1) is 43.2. The third kappa shape index (κ3) is 41.2. The van der Waals surface area contributed by atoms with Crippen molar-refractivity contribution in [3.8, 4) is 0 Å². The van der Waals surface area contributed by atoms with Crippen LogP contribution >= 0.6 is 0 Å². The summed E-state index contributed by atoms with van der Waals surface area (Å²) in [7, 11) is -8.46. The minimum atomic E-state index is -4.48. The van der Waals surface area contributed by atoms with Crippen LogP contribution in [0.25, 0.3) is 0 Å². The van der Waals surface area contributed by atoms with E-state index >= 15 is 0 Å². The Balaban J connectivity index is -0.000000636. The van der Waals surface area contributed by atoms with Gasteiger partial charge in [0.1, 0.15) is 0 Å². The molecule has 0 N–H and O–H groups in total. The molecule has 0 bridgehead atoms. The molecule has 0 radical (unpaired) electrons. The van der Waals surface area contributed by atoms with E-state index in [2.05, 4.69) is 31.4 Å². The summed E-state index contributed by atoms with van der Waals surface area (Å²) in [6.45, 7) is 6.43. The molecule has 0 saturated heterocycles. The van der Waals surface area contributed by atoms with Gasteiger partial charge in [-0.2, -0.15) is 8.42 Å². The largest absolute Gasteiger partial charge is 1.00 e. The summed E-state index contributed by atoms with van der Waals surface area (Å²) < 4.78 is 65.4. The van der Waals surface area contributed by atoms with Crippen LogP contribution in [0.1, 0.15) is 149 Å². The Hall–Kier alpha value is 0.700. The Bertz CT molecular complexity index is 660. The first-order valence-corrected chi connectivity index (χ1v) is 17.2. The molecule has 0 aromatic carbocycles. The summed E-state index contributed by atoms with van der Waals surface area (Å²) in [5.41, 5.74) is 0. The van der Waals surface area contributed by atoms with Crippen LogP contribution in [0, 0.1) is 0 Å². The van der Waals surface area contributed by atoms with Crippen LogP contribution < -0.4 is 29.6 Å². The van der Waals surface area contributed by atoms with Crippen molar-refractivity contribution < 1.29 is 68.5 Å². The molecule has 0 aromatic rings. The zero-order valence-corrected chi connectivity index (χ0v) is 28.4. The van der Waals surface area contributed by atoms with Crippen molar-refractivity contribution in [3.05, 3.63) is 0 Å². The van der Waals surface area contributed by atoms with Gasteiger partial charge in [0.2, 0.25) is 10.4 Å².